The van der Waals surface area contributed by atoms with E-state index < -0.39 is 24.4 Å². The number of benzene rings is 2. The molecule has 28 heavy (non-hydrogen) atoms. The van der Waals surface area contributed by atoms with Crippen molar-refractivity contribution in [2.45, 2.75) is 20.3 Å². The van der Waals surface area contributed by atoms with Crippen molar-refractivity contribution in [2.24, 2.45) is 5.92 Å². The topological polar surface area (TPSA) is 75.7 Å². The highest BCUT2D eigenvalue weighted by atomic mass is 35.5. The number of ether oxygens (including phenoxy) is 1. The molecule has 7 heteroatoms. The lowest BCUT2D eigenvalue weighted by atomic mass is 10.1. The summed E-state index contributed by atoms with van der Waals surface area (Å²) in [6.45, 7) is 3.75. The molecule has 2 amide bonds. The average Bonchev–Trinajstić information content (AvgIpc) is 3.04. The second-order valence-corrected chi connectivity index (χ2v) is 7.23. The van der Waals surface area contributed by atoms with Gasteiger partial charge >= 0.3 is 5.97 Å². The molecule has 0 aliphatic carbocycles. The number of halogens is 1. The van der Waals surface area contributed by atoms with Gasteiger partial charge in [0.05, 0.1) is 5.92 Å². The summed E-state index contributed by atoms with van der Waals surface area (Å²) in [7, 11) is 0. The van der Waals surface area contributed by atoms with Crippen LogP contribution in [-0.4, -0.2) is 30.9 Å². The third-order valence-corrected chi connectivity index (χ3v) is 5.01. The zero-order valence-electron chi connectivity index (χ0n) is 15.7. The summed E-state index contributed by atoms with van der Waals surface area (Å²) in [5.74, 6) is -1.74. The molecule has 0 bridgehead atoms. The Hall–Kier alpha value is -2.86. The second kappa shape index (κ2) is 8.44. The van der Waals surface area contributed by atoms with Gasteiger partial charge in [-0.1, -0.05) is 29.8 Å². The summed E-state index contributed by atoms with van der Waals surface area (Å²) in [5, 5.41) is 3.10. The zero-order valence-corrected chi connectivity index (χ0v) is 16.5. The maximum absolute atomic E-state index is 12.4. The molecule has 1 N–H and O–H groups in total. The summed E-state index contributed by atoms with van der Waals surface area (Å²) in [4.78, 5) is 38.3. The maximum Gasteiger partial charge on any atom is 0.311 e. The van der Waals surface area contributed by atoms with Gasteiger partial charge in [-0.05, 0) is 49.2 Å². The number of carbonyl (C=O) groups excluding carboxylic acids is 3. The first-order valence-corrected chi connectivity index (χ1v) is 9.31. The van der Waals surface area contributed by atoms with Gasteiger partial charge in [0.25, 0.3) is 5.91 Å². The lowest BCUT2D eigenvalue weighted by Gasteiger charge is -2.20. The highest BCUT2D eigenvalue weighted by Gasteiger charge is 2.37. The SMILES string of the molecule is Cc1cccc(N2C[C@H](C(=O)OCC(=O)Nc3cccc(Cl)c3)CC2=O)c1C. The van der Waals surface area contributed by atoms with Gasteiger partial charge in [0, 0.05) is 29.4 Å². The maximum atomic E-state index is 12.4. The Labute approximate surface area is 168 Å². The summed E-state index contributed by atoms with van der Waals surface area (Å²) in [6, 6.07) is 12.4. The largest absolute Gasteiger partial charge is 0.455 e. The van der Waals surface area contributed by atoms with E-state index in [1.165, 1.54) is 0 Å². The number of anilines is 2. The number of amides is 2. The molecule has 0 spiro atoms. The molecule has 1 aliphatic heterocycles. The van der Waals surface area contributed by atoms with Gasteiger partial charge in [-0.2, -0.15) is 0 Å². The predicted molar refractivity (Wildman–Crippen MR) is 107 cm³/mol. The minimum Gasteiger partial charge on any atom is -0.455 e. The molecule has 1 saturated heterocycles. The van der Waals surface area contributed by atoms with Gasteiger partial charge in [-0.3, -0.25) is 14.4 Å². The molecule has 3 rings (SSSR count). The molecular weight excluding hydrogens is 380 g/mol. The Balaban J connectivity index is 1.56. The minimum atomic E-state index is -0.591. The molecule has 1 atom stereocenters. The van der Waals surface area contributed by atoms with Gasteiger partial charge in [0.15, 0.2) is 6.61 Å². The monoisotopic (exact) mass is 400 g/mol. The van der Waals surface area contributed by atoms with Crippen LogP contribution < -0.4 is 10.2 Å². The molecular formula is C21H21ClN2O4. The third-order valence-electron chi connectivity index (χ3n) is 4.78. The van der Waals surface area contributed by atoms with Crippen molar-refractivity contribution in [3.05, 3.63) is 58.6 Å². The van der Waals surface area contributed by atoms with E-state index in [1.54, 1.807) is 29.2 Å². The lowest BCUT2D eigenvalue weighted by Crippen LogP contribution is -2.28. The highest BCUT2D eigenvalue weighted by Crippen LogP contribution is 2.29. The van der Waals surface area contributed by atoms with Crippen LogP contribution in [0.15, 0.2) is 42.5 Å². The number of esters is 1. The predicted octanol–water partition coefficient (Wildman–Crippen LogP) is 3.49. The molecule has 1 aliphatic rings. The third kappa shape index (κ3) is 4.51. The Morgan fingerprint density at radius 3 is 2.71 bits per heavy atom. The first kappa shape index (κ1) is 19.9. The fourth-order valence-electron chi connectivity index (χ4n) is 3.14. The van der Waals surface area contributed by atoms with Crippen molar-refractivity contribution >= 4 is 40.8 Å². The van der Waals surface area contributed by atoms with Gasteiger partial charge in [-0.25, -0.2) is 0 Å². The van der Waals surface area contributed by atoms with Crippen molar-refractivity contribution < 1.29 is 19.1 Å². The van der Waals surface area contributed by atoms with Gasteiger partial charge in [0.2, 0.25) is 5.91 Å². The molecule has 1 heterocycles. The van der Waals surface area contributed by atoms with Crippen molar-refractivity contribution in [2.75, 3.05) is 23.4 Å². The lowest BCUT2D eigenvalue weighted by molar-refractivity contribution is -0.151. The van der Waals surface area contributed by atoms with Crippen LogP contribution in [0.1, 0.15) is 17.5 Å². The van der Waals surface area contributed by atoms with Crippen LogP contribution in [0.5, 0.6) is 0 Å². The minimum absolute atomic E-state index is 0.0716. The van der Waals surface area contributed by atoms with E-state index in [2.05, 4.69) is 5.32 Å². The molecule has 0 unspecified atom stereocenters. The van der Waals surface area contributed by atoms with Crippen molar-refractivity contribution in [3.8, 4) is 0 Å². The summed E-state index contributed by atoms with van der Waals surface area (Å²) >= 11 is 5.87. The quantitative estimate of drug-likeness (QED) is 0.779. The smallest absolute Gasteiger partial charge is 0.311 e. The number of aryl methyl sites for hydroxylation is 1. The highest BCUT2D eigenvalue weighted by molar-refractivity contribution is 6.30. The van der Waals surface area contributed by atoms with Crippen LogP contribution in [-0.2, 0) is 19.1 Å². The zero-order chi connectivity index (χ0) is 20.3. The first-order chi connectivity index (χ1) is 13.3. The van der Waals surface area contributed by atoms with E-state index in [9.17, 15) is 14.4 Å². The van der Waals surface area contributed by atoms with Gasteiger partial charge in [-0.15, -0.1) is 0 Å². The molecule has 146 valence electrons. The van der Waals surface area contributed by atoms with Gasteiger partial charge in [0.1, 0.15) is 0 Å². The van der Waals surface area contributed by atoms with Crippen molar-refractivity contribution in [1.29, 1.82) is 0 Å². The van der Waals surface area contributed by atoms with E-state index in [1.807, 2.05) is 32.0 Å². The molecule has 0 aromatic heterocycles. The second-order valence-electron chi connectivity index (χ2n) is 6.79. The normalized spacial score (nSPS) is 16.2. The summed E-state index contributed by atoms with van der Waals surface area (Å²) < 4.78 is 5.11. The summed E-state index contributed by atoms with van der Waals surface area (Å²) in [6.07, 6.45) is 0.0716. The van der Waals surface area contributed by atoms with Crippen molar-refractivity contribution in [3.63, 3.8) is 0 Å². The molecule has 0 radical (unpaired) electrons. The number of hydrogen-bond acceptors (Lipinski definition) is 4. The van der Waals surface area contributed by atoms with E-state index in [4.69, 9.17) is 16.3 Å². The van der Waals surface area contributed by atoms with Crippen molar-refractivity contribution in [1.82, 2.24) is 0 Å². The number of nitrogens with zero attached hydrogens (tertiary/aromatic N) is 1. The van der Waals surface area contributed by atoms with E-state index in [0.717, 1.165) is 16.8 Å². The number of hydrogen-bond donors (Lipinski definition) is 1. The molecule has 1 fully saturated rings. The fourth-order valence-corrected chi connectivity index (χ4v) is 3.33. The molecule has 0 saturated carbocycles. The van der Waals surface area contributed by atoms with Crippen LogP contribution in [0.3, 0.4) is 0 Å². The Bertz CT molecular complexity index is 928. The Kier molecular flexibility index (Phi) is 5.99. The van der Waals surface area contributed by atoms with Crippen LogP contribution in [0.2, 0.25) is 5.02 Å². The van der Waals surface area contributed by atoms with Gasteiger partial charge < -0.3 is 15.0 Å². The first-order valence-electron chi connectivity index (χ1n) is 8.94. The van der Waals surface area contributed by atoms with Crippen LogP contribution in [0.4, 0.5) is 11.4 Å². The van der Waals surface area contributed by atoms with Crippen LogP contribution >= 0.6 is 11.6 Å². The fraction of sp³-hybridized carbons (Fsp3) is 0.286. The van der Waals surface area contributed by atoms with E-state index >= 15 is 0 Å². The number of nitrogens with one attached hydrogen (secondary N) is 1. The summed E-state index contributed by atoms with van der Waals surface area (Å²) in [5.41, 5.74) is 3.41. The average molecular weight is 401 g/mol. The standard InChI is InChI=1S/C21H21ClN2O4/c1-13-5-3-8-18(14(13)2)24-11-15(9-20(24)26)21(27)28-12-19(25)23-17-7-4-6-16(22)10-17/h3-8,10,15H,9,11-12H2,1-2H3,(H,23,25)/t15-/m1/s1. The molecule has 6 nitrogen and oxygen atoms in total. The van der Waals surface area contributed by atoms with Crippen LogP contribution in [0, 0.1) is 19.8 Å². The number of rotatable bonds is 5. The van der Waals surface area contributed by atoms with E-state index in [0.29, 0.717) is 10.7 Å². The Morgan fingerprint density at radius 2 is 1.96 bits per heavy atom. The molecule has 2 aromatic carbocycles. The van der Waals surface area contributed by atoms with Crippen LogP contribution in [0.25, 0.3) is 0 Å². The number of carbonyl (C=O) groups is 3. The Morgan fingerprint density at radius 1 is 1.21 bits per heavy atom. The molecule has 2 aromatic rings. The van der Waals surface area contributed by atoms with E-state index in [-0.39, 0.29) is 18.9 Å².